The molecule has 1 saturated heterocycles. The Labute approximate surface area is 122 Å². The van der Waals surface area contributed by atoms with Gasteiger partial charge in [0.25, 0.3) is 0 Å². The van der Waals surface area contributed by atoms with Crippen LogP contribution in [0.3, 0.4) is 0 Å². The number of nitrogens with zero attached hydrogens (tertiary/aromatic N) is 3. The van der Waals surface area contributed by atoms with Gasteiger partial charge in [0.15, 0.2) is 0 Å². The Hall–Kier alpha value is -1.37. The maximum absolute atomic E-state index is 9.74. The fraction of sp³-hybridized carbons (Fsp3) is 0.588. The molecule has 1 heterocycles. The third-order valence-corrected chi connectivity index (χ3v) is 4.38. The lowest BCUT2D eigenvalue weighted by molar-refractivity contribution is 0.0533. The number of benzene rings is 1. The van der Waals surface area contributed by atoms with Crippen molar-refractivity contribution in [1.82, 2.24) is 9.80 Å². The fourth-order valence-corrected chi connectivity index (χ4v) is 3.35. The van der Waals surface area contributed by atoms with Crippen LogP contribution in [0.1, 0.15) is 32.3 Å². The summed E-state index contributed by atoms with van der Waals surface area (Å²) >= 11 is 0. The number of piperidine rings is 1. The molecule has 1 aromatic rings. The van der Waals surface area contributed by atoms with E-state index in [2.05, 4.69) is 60.0 Å². The fourth-order valence-electron chi connectivity index (χ4n) is 3.35. The molecule has 108 valence electrons. The van der Waals surface area contributed by atoms with Crippen molar-refractivity contribution in [2.45, 2.75) is 38.8 Å². The molecule has 20 heavy (non-hydrogen) atoms. The van der Waals surface area contributed by atoms with Crippen molar-refractivity contribution < 1.29 is 0 Å². The van der Waals surface area contributed by atoms with Gasteiger partial charge in [-0.1, -0.05) is 44.2 Å². The Bertz CT molecular complexity index is 447. The lowest BCUT2D eigenvalue weighted by Gasteiger charge is -2.44. The highest BCUT2D eigenvalue weighted by molar-refractivity contribution is 5.16. The van der Waals surface area contributed by atoms with Crippen LogP contribution in [0.2, 0.25) is 0 Å². The molecule has 0 bridgehead atoms. The quantitative estimate of drug-likeness (QED) is 0.825. The summed E-state index contributed by atoms with van der Waals surface area (Å²) in [5, 5.41) is 9.74. The van der Waals surface area contributed by atoms with Gasteiger partial charge in [-0.2, -0.15) is 5.26 Å². The molecule has 0 aromatic heterocycles. The Balaban J connectivity index is 2.09. The zero-order chi connectivity index (χ0) is 14.4. The number of rotatable bonds is 5. The van der Waals surface area contributed by atoms with E-state index in [1.165, 1.54) is 5.56 Å². The Morgan fingerprint density at radius 3 is 2.55 bits per heavy atom. The van der Waals surface area contributed by atoms with Crippen molar-refractivity contribution in [3.05, 3.63) is 35.9 Å². The largest absolute Gasteiger partial charge is 0.296 e. The summed E-state index contributed by atoms with van der Waals surface area (Å²) in [6.45, 7) is 9.11. The summed E-state index contributed by atoms with van der Waals surface area (Å²) in [6.07, 6.45) is 2.10. The van der Waals surface area contributed by atoms with Gasteiger partial charge >= 0.3 is 0 Å². The van der Waals surface area contributed by atoms with Crippen LogP contribution < -0.4 is 0 Å². The van der Waals surface area contributed by atoms with Gasteiger partial charge in [-0.05, 0) is 38.0 Å². The molecular weight excluding hydrogens is 246 g/mol. The Kier molecular flexibility index (Phi) is 5.17. The lowest BCUT2D eigenvalue weighted by Crippen LogP contribution is -2.57. The molecule has 0 radical (unpaired) electrons. The minimum absolute atomic E-state index is 0.295. The summed E-state index contributed by atoms with van der Waals surface area (Å²) in [5.74, 6) is 0. The lowest BCUT2D eigenvalue weighted by atomic mass is 9.88. The maximum Gasteiger partial charge on any atom is 0.122 e. The van der Waals surface area contributed by atoms with Crippen LogP contribution in [-0.2, 0) is 6.54 Å². The van der Waals surface area contributed by atoms with Gasteiger partial charge < -0.3 is 0 Å². The standard InChI is InChI=1S/C17H25N3/c1-3-20(4-2)17(14-18)11-8-12-19(15-17)13-16-9-6-5-7-10-16/h5-7,9-10H,3-4,8,11-13,15H2,1-2H3. The smallest absolute Gasteiger partial charge is 0.122 e. The third-order valence-electron chi connectivity index (χ3n) is 4.38. The second-order valence-corrected chi connectivity index (χ2v) is 5.62. The van der Waals surface area contributed by atoms with Crippen molar-refractivity contribution >= 4 is 0 Å². The van der Waals surface area contributed by atoms with Gasteiger partial charge in [0.2, 0.25) is 0 Å². The van der Waals surface area contributed by atoms with Crippen molar-refractivity contribution in [3.8, 4) is 6.07 Å². The second-order valence-electron chi connectivity index (χ2n) is 5.62. The van der Waals surface area contributed by atoms with Crippen LogP contribution in [0.5, 0.6) is 0 Å². The number of likely N-dealkylation sites (tertiary alicyclic amines) is 1. The van der Waals surface area contributed by atoms with E-state index in [-0.39, 0.29) is 5.54 Å². The Morgan fingerprint density at radius 2 is 1.95 bits per heavy atom. The Morgan fingerprint density at radius 1 is 1.25 bits per heavy atom. The minimum Gasteiger partial charge on any atom is -0.296 e. The molecule has 1 unspecified atom stereocenters. The monoisotopic (exact) mass is 271 g/mol. The molecule has 2 rings (SSSR count). The number of hydrogen-bond donors (Lipinski definition) is 0. The van der Waals surface area contributed by atoms with E-state index in [1.807, 2.05) is 0 Å². The first-order chi connectivity index (χ1) is 9.74. The number of nitriles is 1. The molecule has 0 spiro atoms. The SMILES string of the molecule is CCN(CC)C1(C#N)CCCN(Cc2ccccc2)C1. The molecule has 1 aromatic carbocycles. The zero-order valence-electron chi connectivity index (χ0n) is 12.7. The van der Waals surface area contributed by atoms with Crippen LogP contribution in [0.4, 0.5) is 0 Å². The highest BCUT2D eigenvalue weighted by Crippen LogP contribution is 2.28. The number of likely N-dealkylation sites (N-methyl/N-ethyl adjacent to an activating group) is 1. The van der Waals surface area contributed by atoms with Gasteiger partial charge in [-0.15, -0.1) is 0 Å². The van der Waals surface area contributed by atoms with Gasteiger partial charge in [-0.3, -0.25) is 9.80 Å². The van der Waals surface area contributed by atoms with Crippen LogP contribution >= 0.6 is 0 Å². The topological polar surface area (TPSA) is 30.3 Å². The molecule has 0 amide bonds. The van der Waals surface area contributed by atoms with E-state index >= 15 is 0 Å². The van der Waals surface area contributed by atoms with E-state index in [9.17, 15) is 5.26 Å². The molecule has 1 atom stereocenters. The molecule has 0 saturated carbocycles. The van der Waals surface area contributed by atoms with Crippen LogP contribution in [0, 0.1) is 11.3 Å². The molecule has 1 aliphatic heterocycles. The molecule has 3 nitrogen and oxygen atoms in total. The third kappa shape index (κ3) is 3.20. The molecule has 0 N–H and O–H groups in total. The van der Waals surface area contributed by atoms with E-state index < -0.39 is 0 Å². The van der Waals surface area contributed by atoms with Gasteiger partial charge in [0.05, 0.1) is 6.07 Å². The predicted molar refractivity (Wildman–Crippen MR) is 82.2 cm³/mol. The average Bonchev–Trinajstić information content (AvgIpc) is 2.50. The van der Waals surface area contributed by atoms with E-state index in [1.54, 1.807) is 0 Å². The molecular formula is C17H25N3. The molecule has 0 aliphatic carbocycles. The van der Waals surface area contributed by atoms with E-state index in [0.29, 0.717) is 0 Å². The average molecular weight is 271 g/mol. The maximum atomic E-state index is 9.74. The first-order valence-electron chi connectivity index (χ1n) is 7.66. The summed E-state index contributed by atoms with van der Waals surface area (Å²) < 4.78 is 0. The van der Waals surface area contributed by atoms with Crippen molar-refractivity contribution in [2.75, 3.05) is 26.2 Å². The summed E-state index contributed by atoms with van der Waals surface area (Å²) in [5.41, 5.74) is 1.04. The van der Waals surface area contributed by atoms with Crippen LogP contribution in [-0.4, -0.2) is 41.5 Å². The second kappa shape index (κ2) is 6.88. The molecule has 1 aliphatic rings. The predicted octanol–water partition coefficient (Wildman–Crippen LogP) is 2.89. The summed E-state index contributed by atoms with van der Waals surface area (Å²) in [7, 11) is 0. The van der Waals surface area contributed by atoms with Gasteiger partial charge in [-0.25, -0.2) is 0 Å². The number of hydrogen-bond acceptors (Lipinski definition) is 3. The van der Waals surface area contributed by atoms with Gasteiger partial charge in [0, 0.05) is 13.1 Å². The minimum atomic E-state index is -0.295. The zero-order valence-corrected chi connectivity index (χ0v) is 12.7. The molecule has 3 heteroatoms. The normalized spacial score (nSPS) is 23.7. The van der Waals surface area contributed by atoms with Crippen LogP contribution in [0.25, 0.3) is 0 Å². The summed E-state index contributed by atoms with van der Waals surface area (Å²) in [4.78, 5) is 4.75. The van der Waals surface area contributed by atoms with Crippen molar-refractivity contribution in [2.24, 2.45) is 0 Å². The van der Waals surface area contributed by atoms with E-state index in [0.717, 1.165) is 45.6 Å². The first kappa shape index (κ1) is 15.0. The van der Waals surface area contributed by atoms with Crippen molar-refractivity contribution in [3.63, 3.8) is 0 Å². The molecule has 1 fully saturated rings. The first-order valence-corrected chi connectivity index (χ1v) is 7.66. The van der Waals surface area contributed by atoms with Crippen molar-refractivity contribution in [1.29, 1.82) is 5.26 Å². The van der Waals surface area contributed by atoms with Gasteiger partial charge in [0.1, 0.15) is 5.54 Å². The highest BCUT2D eigenvalue weighted by Gasteiger charge is 2.39. The van der Waals surface area contributed by atoms with Crippen LogP contribution in [0.15, 0.2) is 30.3 Å². The van der Waals surface area contributed by atoms with E-state index in [4.69, 9.17) is 0 Å². The summed E-state index contributed by atoms with van der Waals surface area (Å²) in [6, 6.07) is 13.2. The highest BCUT2D eigenvalue weighted by atomic mass is 15.3.